The van der Waals surface area contributed by atoms with Crippen molar-refractivity contribution in [2.45, 2.75) is 32.7 Å². The largest absolute Gasteiger partial charge is 0.484 e. The third kappa shape index (κ3) is 4.39. The van der Waals surface area contributed by atoms with Crippen molar-refractivity contribution in [1.29, 1.82) is 0 Å². The molecular formula is C19H25N4O2. The zero-order chi connectivity index (χ0) is 17.6. The van der Waals surface area contributed by atoms with Crippen LogP contribution in [0.2, 0.25) is 0 Å². The summed E-state index contributed by atoms with van der Waals surface area (Å²) in [6.45, 7) is 6.48. The number of carbonyl (C=O) groups is 1. The molecule has 1 aliphatic rings. The lowest BCUT2D eigenvalue weighted by atomic mass is 10.1. The number of carbonyl (C=O) groups excluding carboxylic acids is 1. The van der Waals surface area contributed by atoms with Crippen LogP contribution in [0.5, 0.6) is 5.75 Å². The molecule has 1 aliphatic heterocycles. The normalized spacial score (nSPS) is 16.8. The Labute approximate surface area is 148 Å². The molecule has 0 saturated carbocycles. The van der Waals surface area contributed by atoms with Crippen LogP contribution in [0.4, 0.5) is 0 Å². The molecule has 133 valence electrons. The first kappa shape index (κ1) is 17.5. The maximum absolute atomic E-state index is 12.5. The number of nitrogens with one attached hydrogen (secondary N) is 2. The smallest absolute Gasteiger partial charge is 0.260 e. The Morgan fingerprint density at radius 2 is 2.36 bits per heavy atom. The molecule has 1 amide bonds. The van der Waals surface area contributed by atoms with Crippen LogP contribution in [-0.2, 0) is 4.79 Å². The minimum atomic E-state index is 0.0149. The fourth-order valence-electron chi connectivity index (χ4n) is 3.16. The quantitative estimate of drug-likeness (QED) is 0.810. The van der Waals surface area contributed by atoms with E-state index < -0.39 is 0 Å². The number of ether oxygens (including phenoxy) is 1. The molecule has 1 aromatic heterocycles. The molecule has 1 radical (unpaired) electrons. The highest BCUT2D eigenvalue weighted by atomic mass is 16.5. The summed E-state index contributed by atoms with van der Waals surface area (Å²) in [5, 5.41) is 10.4. The van der Waals surface area contributed by atoms with E-state index in [1.165, 1.54) is 6.42 Å². The first-order valence-corrected chi connectivity index (χ1v) is 8.83. The third-order valence-electron chi connectivity index (χ3n) is 4.60. The highest BCUT2D eigenvalue weighted by Gasteiger charge is 2.20. The average molecular weight is 341 g/mol. The van der Waals surface area contributed by atoms with Crippen LogP contribution >= 0.6 is 0 Å². The van der Waals surface area contributed by atoms with E-state index in [1.807, 2.05) is 37.1 Å². The molecule has 0 unspecified atom stereocenters. The molecule has 0 bridgehead atoms. The standard InChI is InChI=1S/C19H25N4O2/c1-3-23(12-16-7-5-9-20-16)19(24)13-25-17-8-4-6-15(10-17)18-11-21-22-14(18)2/h6,8,10-11,16,20H,3,5,7,9,12-13H2,1-2H3,(H,21,22)/t16-/m0/s1. The molecule has 25 heavy (non-hydrogen) atoms. The van der Waals surface area contributed by atoms with Gasteiger partial charge in [0.05, 0.1) is 5.69 Å². The second-order valence-electron chi connectivity index (χ2n) is 6.36. The number of hydrogen-bond donors (Lipinski definition) is 2. The van der Waals surface area contributed by atoms with E-state index in [-0.39, 0.29) is 12.5 Å². The van der Waals surface area contributed by atoms with Crippen LogP contribution in [0.3, 0.4) is 0 Å². The molecule has 2 aromatic rings. The van der Waals surface area contributed by atoms with Crippen LogP contribution in [0.1, 0.15) is 25.5 Å². The molecule has 3 rings (SSSR count). The molecule has 2 heterocycles. The summed E-state index contributed by atoms with van der Waals surface area (Å²) in [6.07, 6.45) is 4.16. The van der Waals surface area contributed by atoms with Gasteiger partial charge in [-0.2, -0.15) is 5.10 Å². The maximum Gasteiger partial charge on any atom is 0.260 e. The van der Waals surface area contributed by atoms with Gasteiger partial charge >= 0.3 is 0 Å². The van der Waals surface area contributed by atoms with Crippen molar-refractivity contribution in [3.8, 4) is 16.9 Å². The summed E-state index contributed by atoms with van der Waals surface area (Å²) in [4.78, 5) is 14.3. The van der Waals surface area contributed by atoms with Gasteiger partial charge in [0.2, 0.25) is 0 Å². The lowest BCUT2D eigenvalue weighted by Gasteiger charge is -2.24. The maximum atomic E-state index is 12.5. The molecule has 0 aliphatic carbocycles. The molecule has 6 heteroatoms. The summed E-state index contributed by atoms with van der Waals surface area (Å²) >= 11 is 0. The summed E-state index contributed by atoms with van der Waals surface area (Å²) in [5.74, 6) is 0.655. The van der Waals surface area contributed by atoms with E-state index in [2.05, 4.69) is 21.6 Å². The van der Waals surface area contributed by atoms with Gasteiger partial charge in [-0.15, -0.1) is 0 Å². The van der Waals surface area contributed by atoms with Crippen LogP contribution in [-0.4, -0.2) is 53.3 Å². The molecule has 1 atom stereocenters. The van der Waals surface area contributed by atoms with Crippen molar-refractivity contribution in [2.24, 2.45) is 0 Å². The van der Waals surface area contributed by atoms with E-state index >= 15 is 0 Å². The molecule has 1 saturated heterocycles. The summed E-state index contributed by atoms with van der Waals surface area (Å²) < 4.78 is 5.72. The van der Waals surface area contributed by atoms with Gasteiger partial charge in [0.15, 0.2) is 6.61 Å². The van der Waals surface area contributed by atoms with Gasteiger partial charge < -0.3 is 15.0 Å². The number of hydrogen-bond acceptors (Lipinski definition) is 4. The van der Waals surface area contributed by atoms with Gasteiger partial charge in [-0.25, -0.2) is 0 Å². The number of benzene rings is 1. The summed E-state index contributed by atoms with van der Waals surface area (Å²) in [6, 6.07) is 9.03. The minimum absolute atomic E-state index is 0.0149. The molecule has 1 fully saturated rings. The molecular weight excluding hydrogens is 316 g/mol. The van der Waals surface area contributed by atoms with E-state index in [0.717, 1.165) is 36.3 Å². The van der Waals surface area contributed by atoms with Gasteiger partial charge in [-0.3, -0.25) is 9.89 Å². The van der Waals surface area contributed by atoms with Crippen molar-refractivity contribution in [3.63, 3.8) is 0 Å². The highest BCUT2D eigenvalue weighted by molar-refractivity contribution is 5.78. The van der Waals surface area contributed by atoms with Crippen molar-refractivity contribution in [2.75, 3.05) is 26.2 Å². The van der Waals surface area contributed by atoms with Gasteiger partial charge in [-0.05, 0) is 63.1 Å². The Kier molecular flexibility index (Phi) is 5.71. The zero-order valence-corrected chi connectivity index (χ0v) is 14.8. The minimum Gasteiger partial charge on any atom is -0.484 e. The zero-order valence-electron chi connectivity index (χ0n) is 14.8. The van der Waals surface area contributed by atoms with E-state index in [9.17, 15) is 4.79 Å². The summed E-state index contributed by atoms with van der Waals surface area (Å²) in [7, 11) is 0. The highest BCUT2D eigenvalue weighted by Crippen LogP contribution is 2.25. The van der Waals surface area contributed by atoms with Crippen LogP contribution in [0.25, 0.3) is 11.1 Å². The second kappa shape index (κ2) is 8.16. The van der Waals surface area contributed by atoms with E-state index in [1.54, 1.807) is 6.07 Å². The number of rotatable bonds is 7. The van der Waals surface area contributed by atoms with Crippen LogP contribution < -0.4 is 10.1 Å². The fourth-order valence-corrected chi connectivity index (χ4v) is 3.16. The SMILES string of the molecule is CCN(C[C@@H]1CCCN1)C(=O)COc1c[c]cc(-c2c[nH]nc2C)c1. The first-order valence-electron chi connectivity index (χ1n) is 8.83. The van der Waals surface area contributed by atoms with Gasteiger partial charge in [0, 0.05) is 30.9 Å². The van der Waals surface area contributed by atoms with Crippen LogP contribution in [0.15, 0.2) is 24.4 Å². The summed E-state index contributed by atoms with van der Waals surface area (Å²) in [5.41, 5.74) is 2.90. The van der Waals surface area contributed by atoms with Crippen molar-refractivity contribution in [3.05, 3.63) is 36.2 Å². The molecule has 2 N–H and O–H groups in total. The lowest BCUT2D eigenvalue weighted by Crippen LogP contribution is -2.42. The Balaban J connectivity index is 1.58. The Bertz CT molecular complexity index is 707. The van der Waals surface area contributed by atoms with Gasteiger partial charge in [0.25, 0.3) is 5.91 Å². The fraction of sp³-hybridized carbons (Fsp3) is 0.474. The second-order valence-corrected chi connectivity index (χ2v) is 6.36. The molecule has 1 aromatic carbocycles. The number of nitrogens with zero attached hydrogens (tertiary/aromatic N) is 2. The van der Waals surface area contributed by atoms with Crippen LogP contribution in [0, 0.1) is 13.0 Å². The van der Waals surface area contributed by atoms with E-state index in [4.69, 9.17) is 4.74 Å². The number of amides is 1. The van der Waals surface area contributed by atoms with E-state index in [0.29, 0.717) is 18.3 Å². The first-order chi connectivity index (χ1) is 12.2. The number of likely N-dealkylation sites (N-methyl/N-ethyl adjacent to an activating group) is 1. The van der Waals surface area contributed by atoms with Gasteiger partial charge in [0.1, 0.15) is 5.75 Å². The van der Waals surface area contributed by atoms with Crippen molar-refractivity contribution >= 4 is 5.91 Å². The Morgan fingerprint density at radius 1 is 1.48 bits per heavy atom. The number of aromatic amines is 1. The molecule has 6 nitrogen and oxygen atoms in total. The Morgan fingerprint density at radius 3 is 3.04 bits per heavy atom. The van der Waals surface area contributed by atoms with Crippen molar-refractivity contribution < 1.29 is 9.53 Å². The third-order valence-corrected chi connectivity index (χ3v) is 4.60. The lowest BCUT2D eigenvalue weighted by molar-refractivity contribution is -0.133. The predicted octanol–water partition coefficient (Wildman–Crippen LogP) is 2.16. The predicted molar refractivity (Wildman–Crippen MR) is 96.4 cm³/mol. The van der Waals surface area contributed by atoms with Gasteiger partial charge in [-0.1, -0.05) is 0 Å². The topological polar surface area (TPSA) is 70.2 Å². The number of aromatic nitrogens is 2. The number of H-pyrrole nitrogens is 1. The monoisotopic (exact) mass is 341 g/mol. The Hall–Kier alpha value is -2.34. The molecule has 0 spiro atoms. The average Bonchev–Trinajstić information content (AvgIpc) is 3.29. The number of aryl methyl sites for hydroxylation is 1. The van der Waals surface area contributed by atoms with Crippen molar-refractivity contribution in [1.82, 2.24) is 20.4 Å².